The molecule has 0 radical (unpaired) electrons. The standard InChI is InChI=1S/C23H23FN2O5/c1-14(27)31-18-10-6-15(7-11-18)20-19(21(28)16-4-8-17(24)9-5-16)22(29)23(30)26(20)13-12-25(2)3/h4-11,20,28H,12-13H2,1-3H3/b21-19-. The van der Waals surface area contributed by atoms with Gasteiger partial charge in [-0.1, -0.05) is 12.1 Å². The van der Waals surface area contributed by atoms with Crippen LogP contribution in [0.25, 0.3) is 5.76 Å². The van der Waals surface area contributed by atoms with Gasteiger partial charge in [0.15, 0.2) is 0 Å². The van der Waals surface area contributed by atoms with Crippen molar-refractivity contribution in [2.75, 3.05) is 27.2 Å². The predicted octanol–water partition coefficient (Wildman–Crippen LogP) is 2.73. The SMILES string of the molecule is CC(=O)Oc1ccc(C2/C(=C(/O)c3ccc(F)cc3)C(=O)C(=O)N2CCN(C)C)cc1. The van der Waals surface area contributed by atoms with Crippen LogP contribution in [0.4, 0.5) is 4.39 Å². The van der Waals surface area contributed by atoms with Crippen LogP contribution < -0.4 is 4.74 Å². The number of esters is 1. The topological polar surface area (TPSA) is 87.1 Å². The number of ether oxygens (including phenoxy) is 1. The Balaban J connectivity index is 2.09. The summed E-state index contributed by atoms with van der Waals surface area (Å²) in [5, 5.41) is 10.9. The van der Waals surface area contributed by atoms with Crippen molar-refractivity contribution in [1.29, 1.82) is 0 Å². The summed E-state index contributed by atoms with van der Waals surface area (Å²) < 4.78 is 18.4. The van der Waals surface area contributed by atoms with Crippen LogP contribution in [-0.4, -0.2) is 59.8 Å². The van der Waals surface area contributed by atoms with E-state index >= 15 is 0 Å². The van der Waals surface area contributed by atoms with Crippen LogP contribution in [-0.2, 0) is 14.4 Å². The molecule has 1 unspecified atom stereocenters. The molecular formula is C23H23FN2O5. The Bertz CT molecular complexity index is 1030. The number of ketones is 1. The maximum Gasteiger partial charge on any atom is 0.308 e. The zero-order chi connectivity index (χ0) is 22.7. The molecule has 0 aliphatic carbocycles. The minimum atomic E-state index is -0.837. The highest BCUT2D eigenvalue weighted by Gasteiger charge is 2.45. The first-order chi connectivity index (χ1) is 14.7. The second-order valence-corrected chi connectivity index (χ2v) is 7.47. The lowest BCUT2D eigenvalue weighted by molar-refractivity contribution is -0.140. The molecule has 8 heteroatoms. The fraction of sp³-hybridized carbons (Fsp3) is 0.261. The third-order valence-electron chi connectivity index (χ3n) is 4.90. The largest absolute Gasteiger partial charge is 0.507 e. The van der Waals surface area contributed by atoms with Crippen molar-refractivity contribution in [1.82, 2.24) is 9.80 Å². The van der Waals surface area contributed by atoms with Gasteiger partial charge in [0.1, 0.15) is 17.3 Å². The van der Waals surface area contributed by atoms with Crippen LogP contribution in [0.2, 0.25) is 0 Å². The average molecular weight is 426 g/mol. The number of halogens is 1. The Kier molecular flexibility index (Phi) is 6.50. The Morgan fingerprint density at radius 1 is 1.10 bits per heavy atom. The number of carbonyl (C=O) groups is 3. The number of hydrogen-bond acceptors (Lipinski definition) is 6. The van der Waals surface area contributed by atoms with Crippen molar-refractivity contribution in [3.05, 3.63) is 71.0 Å². The van der Waals surface area contributed by atoms with Crippen LogP contribution in [0.1, 0.15) is 24.1 Å². The van der Waals surface area contributed by atoms with Gasteiger partial charge in [-0.15, -0.1) is 0 Å². The van der Waals surface area contributed by atoms with Crippen LogP contribution in [0.3, 0.4) is 0 Å². The number of hydrogen-bond donors (Lipinski definition) is 1. The van der Waals surface area contributed by atoms with E-state index in [1.54, 1.807) is 24.3 Å². The Hall–Kier alpha value is -3.52. The van der Waals surface area contributed by atoms with Gasteiger partial charge in [0, 0.05) is 25.6 Å². The molecule has 3 rings (SSSR count). The summed E-state index contributed by atoms with van der Waals surface area (Å²) in [4.78, 5) is 40.1. The molecule has 1 fully saturated rings. The Morgan fingerprint density at radius 3 is 2.26 bits per heavy atom. The fourth-order valence-corrected chi connectivity index (χ4v) is 3.41. The first-order valence-electron chi connectivity index (χ1n) is 9.66. The fourth-order valence-electron chi connectivity index (χ4n) is 3.41. The molecule has 1 N–H and O–H groups in total. The molecule has 1 amide bonds. The first-order valence-corrected chi connectivity index (χ1v) is 9.66. The van der Waals surface area contributed by atoms with Gasteiger partial charge in [-0.3, -0.25) is 14.4 Å². The van der Waals surface area contributed by atoms with Gasteiger partial charge in [0.2, 0.25) is 0 Å². The van der Waals surface area contributed by atoms with Crippen molar-refractivity contribution < 1.29 is 28.6 Å². The van der Waals surface area contributed by atoms with Crippen molar-refractivity contribution >= 4 is 23.4 Å². The number of carbonyl (C=O) groups excluding carboxylic acids is 3. The van der Waals surface area contributed by atoms with Gasteiger partial charge in [-0.25, -0.2) is 4.39 Å². The van der Waals surface area contributed by atoms with Crippen molar-refractivity contribution in [2.45, 2.75) is 13.0 Å². The van der Waals surface area contributed by atoms with E-state index in [-0.39, 0.29) is 23.4 Å². The van der Waals surface area contributed by atoms with E-state index in [1.165, 1.54) is 36.1 Å². The van der Waals surface area contributed by atoms with Crippen LogP contribution in [0.15, 0.2) is 54.1 Å². The molecular weight excluding hydrogens is 403 g/mol. The maximum atomic E-state index is 13.3. The highest BCUT2D eigenvalue weighted by molar-refractivity contribution is 6.46. The number of benzene rings is 2. The summed E-state index contributed by atoms with van der Waals surface area (Å²) in [7, 11) is 3.69. The van der Waals surface area contributed by atoms with E-state index in [4.69, 9.17) is 4.74 Å². The number of likely N-dealkylation sites (tertiary alicyclic amines) is 1. The summed E-state index contributed by atoms with van der Waals surface area (Å²) in [6, 6.07) is 10.6. The minimum absolute atomic E-state index is 0.0735. The van der Waals surface area contributed by atoms with Crippen LogP contribution in [0, 0.1) is 5.82 Å². The Labute approximate surface area is 179 Å². The monoisotopic (exact) mass is 426 g/mol. The normalized spacial score (nSPS) is 18.0. The lowest BCUT2D eigenvalue weighted by Crippen LogP contribution is -2.35. The van der Waals surface area contributed by atoms with Gasteiger partial charge in [-0.05, 0) is 56.1 Å². The maximum absolute atomic E-state index is 13.3. The summed E-state index contributed by atoms with van der Waals surface area (Å²) >= 11 is 0. The van der Waals surface area contributed by atoms with Crippen molar-refractivity contribution in [3.8, 4) is 5.75 Å². The number of nitrogens with zero attached hydrogens (tertiary/aromatic N) is 2. The quantitative estimate of drug-likeness (QED) is 0.251. The molecule has 2 aromatic carbocycles. The van der Waals surface area contributed by atoms with E-state index in [0.717, 1.165) is 0 Å². The predicted molar refractivity (Wildman–Crippen MR) is 112 cm³/mol. The van der Waals surface area contributed by atoms with E-state index in [2.05, 4.69) is 0 Å². The highest BCUT2D eigenvalue weighted by atomic mass is 19.1. The Morgan fingerprint density at radius 2 is 1.71 bits per heavy atom. The molecule has 7 nitrogen and oxygen atoms in total. The summed E-state index contributed by atoms with van der Waals surface area (Å²) in [6.07, 6.45) is 0. The van der Waals surface area contributed by atoms with Gasteiger partial charge < -0.3 is 19.6 Å². The van der Waals surface area contributed by atoms with Gasteiger partial charge >= 0.3 is 5.97 Å². The van der Waals surface area contributed by atoms with Crippen molar-refractivity contribution in [2.24, 2.45) is 0 Å². The molecule has 162 valence electrons. The molecule has 1 aliphatic heterocycles. The molecule has 0 aromatic heterocycles. The summed E-state index contributed by atoms with van der Waals surface area (Å²) in [5.74, 6) is -2.55. The molecule has 1 atom stereocenters. The van der Waals surface area contributed by atoms with E-state index < -0.39 is 29.5 Å². The van der Waals surface area contributed by atoms with Crippen LogP contribution in [0.5, 0.6) is 5.75 Å². The van der Waals surface area contributed by atoms with E-state index in [1.807, 2.05) is 19.0 Å². The molecule has 1 heterocycles. The number of rotatable bonds is 6. The van der Waals surface area contributed by atoms with Gasteiger partial charge in [-0.2, -0.15) is 0 Å². The second-order valence-electron chi connectivity index (χ2n) is 7.47. The average Bonchev–Trinajstić information content (AvgIpc) is 2.97. The molecule has 1 saturated heterocycles. The third-order valence-corrected chi connectivity index (χ3v) is 4.90. The number of aliphatic hydroxyl groups excluding tert-OH is 1. The van der Waals surface area contributed by atoms with E-state index in [9.17, 15) is 23.9 Å². The molecule has 1 aliphatic rings. The molecule has 2 aromatic rings. The van der Waals surface area contributed by atoms with Gasteiger partial charge in [0.05, 0.1) is 11.6 Å². The zero-order valence-electron chi connectivity index (χ0n) is 17.5. The lowest BCUT2D eigenvalue weighted by Gasteiger charge is -2.26. The zero-order valence-corrected chi connectivity index (χ0v) is 17.5. The highest BCUT2D eigenvalue weighted by Crippen LogP contribution is 2.39. The number of likely N-dealkylation sites (N-methyl/N-ethyl adjacent to an activating group) is 1. The van der Waals surface area contributed by atoms with E-state index in [0.29, 0.717) is 17.9 Å². The second kappa shape index (κ2) is 9.09. The summed E-state index contributed by atoms with van der Waals surface area (Å²) in [5.41, 5.74) is 0.724. The number of aliphatic hydroxyl groups is 1. The van der Waals surface area contributed by atoms with Gasteiger partial charge in [0.25, 0.3) is 11.7 Å². The molecule has 0 spiro atoms. The number of Topliss-reactive ketones (excluding diaryl/α,β-unsaturated/α-hetero) is 1. The lowest BCUT2D eigenvalue weighted by atomic mass is 9.95. The summed E-state index contributed by atoms with van der Waals surface area (Å²) in [6.45, 7) is 2.05. The molecule has 0 bridgehead atoms. The smallest absolute Gasteiger partial charge is 0.308 e. The minimum Gasteiger partial charge on any atom is -0.507 e. The first kappa shape index (κ1) is 22.2. The van der Waals surface area contributed by atoms with Crippen molar-refractivity contribution in [3.63, 3.8) is 0 Å². The molecule has 0 saturated carbocycles. The number of amides is 1. The third kappa shape index (κ3) is 4.80. The molecule has 31 heavy (non-hydrogen) atoms. The van der Waals surface area contributed by atoms with Crippen LogP contribution >= 0.6 is 0 Å².